The maximum atomic E-state index is 10.5. The third kappa shape index (κ3) is 8.28. The van der Waals surface area contributed by atoms with Crippen molar-refractivity contribution < 1.29 is 4.79 Å². The lowest BCUT2D eigenvalue weighted by atomic mass is 9.88. The maximum absolute atomic E-state index is 10.5. The highest BCUT2D eigenvalue weighted by Crippen LogP contribution is 2.21. The van der Waals surface area contributed by atoms with Gasteiger partial charge in [0.25, 0.3) is 0 Å². The van der Waals surface area contributed by atoms with Crippen LogP contribution in [-0.4, -0.2) is 6.29 Å². The highest BCUT2D eigenvalue weighted by molar-refractivity contribution is 5.58. The van der Waals surface area contributed by atoms with Crippen molar-refractivity contribution in [1.29, 1.82) is 0 Å². The number of hydrogen-bond donors (Lipinski definition) is 0. The fourth-order valence-electron chi connectivity index (χ4n) is 1.58. The summed E-state index contributed by atoms with van der Waals surface area (Å²) in [5.41, 5.74) is -0.219. The second-order valence-corrected chi connectivity index (χ2v) is 4.86. The number of carbonyl (C=O) groups excluding carboxylic acids is 1. The lowest BCUT2D eigenvalue weighted by Crippen LogP contribution is -2.12. The van der Waals surface area contributed by atoms with Crippen molar-refractivity contribution in [3.05, 3.63) is 0 Å². The topological polar surface area (TPSA) is 17.1 Å². The van der Waals surface area contributed by atoms with Crippen LogP contribution < -0.4 is 0 Å². The Morgan fingerprint density at radius 2 is 1.43 bits per heavy atom. The van der Waals surface area contributed by atoms with Crippen LogP contribution in [0, 0.1) is 5.41 Å². The van der Waals surface area contributed by atoms with E-state index < -0.39 is 0 Å². The van der Waals surface area contributed by atoms with Gasteiger partial charge < -0.3 is 0 Å². The van der Waals surface area contributed by atoms with Crippen LogP contribution in [0.5, 0.6) is 0 Å². The summed E-state index contributed by atoms with van der Waals surface area (Å²) in [6, 6.07) is 0. The van der Waals surface area contributed by atoms with E-state index in [0.717, 1.165) is 6.42 Å². The number of hydrogen-bond acceptors (Lipinski definition) is 1. The van der Waals surface area contributed by atoms with Gasteiger partial charge in [-0.2, -0.15) is 0 Å². The minimum absolute atomic E-state index is 0.219. The molecule has 0 rings (SSSR count). The summed E-state index contributed by atoms with van der Waals surface area (Å²) in [7, 11) is 0. The van der Waals surface area contributed by atoms with E-state index in [4.69, 9.17) is 0 Å². The molecule has 0 unspecified atom stereocenters. The quantitative estimate of drug-likeness (QED) is 0.505. The van der Waals surface area contributed by atoms with Gasteiger partial charge in [-0.15, -0.1) is 0 Å². The van der Waals surface area contributed by atoms with Gasteiger partial charge in [0.2, 0.25) is 6.29 Å². The Morgan fingerprint density at radius 1 is 0.929 bits per heavy atom. The minimum atomic E-state index is -0.219. The molecular formula is C13H25O. The molecule has 1 radical (unpaired) electrons. The summed E-state index contributed by atoms with van der Waals surface area (Å²) in [5, 5.41) is 0. The Hall–Kier alpha value is -0.330. The molecule has 0 saturated heterocycles. The molecule has 1 heteroatoms. The molecule has 0 aliphatic carbocycles. The lowest BCUT2D eigenvalue weighted by molar-refractivity contribution is 0.403. The Balaban J connectivity index is 3.17. The van der Waals surface area contributed by atoms with Gasteiger partial charge in [0, 0.05) is 5.41 Å². The van der Waals surface area contributed by atoms with Gasteiger partial charge in [-0.1, -0.05) is 65.7 Å². The van der Waals surface area contributed by atoms with Crippen molar-refractivity contribution in [3.8, 4) is 0 Å². The van der Waals surface area contributed by atoms with Crippen molar-refractivity contribution in [2.75, 3.05) is 0 Å². The van der Waals surface area contributed by atoms with Crippen LogP contribution in [0.15, 0.2) is 0 Å². The van der Waals surface area contributed by atoms with Crippen LogP contribution in [0.2, 0.25) is 0 Å². The summed E-state index contributed by atoms with van der Waals surface area (Å²) in [6.07, 6.45) is 12.3. The summed E-state index contributed by atoms with van der Waals surface area (Å²) in [4.78, 5) is 10.5. The summed E-state index contributed by atoms with van der Waals surface area (Å²) in [6.45, 7) is 6.18. The van der Waals surface area contributed by atoms with Gasteiger partial charge in [-0.3, -0.25) is 4.79 Å². The van der Waals surface area contributed by atoms with E-state index in [-0.39, 0.29) is 5.41 Å². The molecule has 0 fully saturated rings. The third-order valence-corrected chi connectivity index (χ3v) is 2.68. The SMILES string of the molecule is CCCCCCCCCC(C)(C)[C]=O. The highest BCUT2D eigenvalue weighted by Gasteiger charge is 2.16. The molecule has 0 aromatic rings. The van der Waals surface area contributed by atoms with Crippen LogP contribution in [0.1, 0.15) is 72.1 Å². The van der Waals surface area contributed by atoms with E-state index >= 15 is 0 Å². The molecule has 0 aromatic carbocycles. The maximum Gasteiger partial charge on any atom is 0.204 e. The monoisotopic (exact) mass is 197 g/mol. The summed E-state index contributed by atoms with van der Waals surface area (Å²) < 4.78 is 0. The molecule has 0 aromatic heterocycles. The van der Waals surface area contributed by atoms with Crippen LogP contribution in [0.3, 0.4) is 0 Å². The normalized spacial score (nSPS) is 11.6. The molecule has 0 amide bonds. The molecular weight excluding hydrogens is 172 g/mol. The first-order valence-electron chi connectivity index (χ1n) is 6.01. The fraction of sp³-hybridized carbons (Fsp3) is 0.923. The summed E-state index contributed by atoms with van der Waals surface area (Å²) >= 11 is 0. The molecule has 0 spiro atoms. The first-order chi connectivity index (χ1) is 6.62. The Morgan fingerprint density at radius 3 is 1.93 bits per heavy atom. The van der Waals surface area contributed by atoms with Crippen LogP contribution in [0.4, 0.5) is 0 Å². The van der Waals surface area contributed by atoms with Crippen molar-refractivity contribution in [2.45, 2.75) is 72.1 Å². The van der Waals surface area contributed by atoms with E-state index in [1.165, 1.54) is 44.9 Å². The second-order valence-electron chi connectivity index (χ2n) is 4.86. The average Bonchev–Trinajstić information content (AvgIpc) is 2.16. The first kappa shape index (κ1) is 13.7. The Labute approximate surface area is 89.3 Å². The predicted octanol–water partition coefficient (Wildman–Crippen LogP) is 4.26. The largest absolute Gasteiger partial charge is 0.290 e. The van der Waals surface area contributed by atoms with E-state index in [1.807, 2.05) is 13.8 Å². The first-order valence-corrected chi connectivity index (χ1v) is 6.01. The second kappa shape index (κ2) is 8.02. The predicted molar refractivity (Wildman–Crippen MR) is 62.1 cm³/mol. The number of unbranched alkanes of at least 4 members (excludes halogenated alkanes) is 6. The Kier molecular flexibility index (Phi) is 7.83. The zero-order chi connectivity index (χ0) is 10.9. The van der Waals surface area contributed by atoms with Crippen molar-refractivity contribution >= 4 is 6.29 Å². The van der Waals surface area contributed by atoms with E-state index in [1.54, 1.807) is 0 Å². The van der Waals surface area contributed by atoms with Gasteiger partial charge in [0.05, 0.1) is 0 Å². The lowest BCUT2D eigenvalue weighted by Gasteiger charge is -2.14. The standard InChI is InChI=1S/C13H25O/c1-4-5-6-7-8-9-10-11-13(2,3)12-14/h4-11H2,1-3H3. The molecule has 0 atom stereocenters. The number of rotatable bonds is 9. The van der Waals surface area contributed by atoms with Gasteiger partial charge >= 0.3 is 0 Å². The van der Waals surface area contributed by atoms with Crippen molar-refractivity contribution in [3.63, 3.8) is 0 Å². The van der Waals surface area contributed by atoms with Gasteiger partial charge in [0.1, 0.15) is 0 Å². The molecule has 0 aliphatic rings. The van der Waals surface area contributed by atoms with Gasteiger partial charge in [0.15, 0.2) is 0 Å². The van der Waals surface area contributed by atoms with Crippen molar-refractivity contribution in [2.24, 2.45) is 5.41 Å². The summed E-state index contributed by atoms with van der Waals surface area (Å²) in [5.74, 6) is 0. The van der Waals surface area contributed by atoms with Crippen molar-refractivity contribution in [1.82, 2.24) is 0 Å². The van der Waals surface area contributed by atoms with Gasteiger partial charge in [-0.05, 0) is 6.42 Å². The fourth-order valence-corrected chi connectivity index (χ4v) is 1.58. The minimum Gasteiger partial charge on any atom is -0.290 e. The molecule has 0 bridgehead atoms. The third-order valence-electron chi connectivity index (χ3n) is 2.68. The van der Waals surface area contributed by atoms with Crippen LogP contribution >= 0.6 is 0 Å². The molecule has 14 heavy (non-hydrogen) atoms. The molecule has 0 heterocycles. The van der Waals surface area contributed by atoms with E-state index in [9.17, 15) is 4.79 Å². The molecule has 1 nitrogen and oxygen atoms in total. The van der Waals surface area contributed by atoms with Gasteiger partial charge in [-0.25, -0.2) is 0 Å². The molecule has 0 N–H and O–H groups in total. The molecule has 0 aliphatic heterocycles. The Bertz CT molecular complexity index is 138. The van der Waals surface area contributed by atoms with E-state index in [0.29, 0.717) is 0 Å². The molecule has 83 valence electrons. The van der Waals surface area contributed by atoms with Crippen LogP contribution in [-0.2, 0) is 4.79 Å². The zero-order valence-electron chi connectivity index (χ0n) is 10.1. The smallest absolute Gasteiger partial charge is 0.204 e. The van der Waals surface area contributed by atoms with Crippen LogP contribution in [0.25, 0.3) is 0 Å². The zero-order valence-corrected chi connectivity index (χ0v) is 10.1. The molecule has 0 saturated carbocycles. The highest BCUT2D eigenvalue weighted by atomic mass is 16.1. The average molecular weight is 197 g/mol. The van der Waals surface area contributed by atoms with E-state index in [2.05, 4.69) is 13.2 Å².